The van der Waals surface area contributed by atoms with Crippen LogP contribution in [0.1, 0.15) is 34.5 Å². The Morgan fingerprint density at radius 3 is 2.90 bits per heavy atom. The van der Waals surface area contributed by atoms with Crippen molar-refractivity contribution in [3.05, 3.63) is 34.7 Å². The Balaban J connectivity index is 1.98. The number of carboxylic acids is 1. The number of aliphatic hydroxyl groups excluding tert-OH is 1. The third-order valence-electron chi connectivity index (χ3n) is 4.21. The van der Waals surface area contributed by atoms with Crippen LogP contribution in [0.25, 0.3) is 10.1 Å². The summed E-state index contributed by atoms with van der Waals surface area (Å²) in [6, 6.07) is 8.00. The van der Waals surface area contributed by atoms with Crippen LogP contribution in [-0.4, -0.2) is 40.3 Å². The Labute approximate surface area is 127 Å². The van der Waals surface area contributed by atoms with Gasteiger partial charge in [0.25, 0.3) is 0 Å². The fourth-order valence-corrected chi connectivity index (χ4v) is 4.16. The third kappa shape index (κ3) is 2.81. The second-order valence-electron chi connectivity index (χ2n) is 5.51. The van der Waals surface area contributed by atoms with Crippen molar-refractivity contribution in [1.82, 2.24) is 4.90 Å². The largest absolute Gasteiger partial charge is 0.477 e. The monoisotopic (exact) mass is 305 g/mol. The number of nitrogens with zero attached hydrogens (tertiary/aromatic N) is 1. The van der Waals surface area contributed by atoms with Crippen molar-refractivity contribution < 1.29 is 15.0 Å². The van der Waals surface area contributed by atoms with Gasteiger partial charge in [-0.2, -0.15) is 0 Å². The molecule has 21 heavy (non-hydrogen) atoms. The molecule has 0 radical (unpaired) electrons. The molecule has 1 aromatic carbocycles. The van der Waals surface area contributed by atoms with E-state index in [1.165, 1.54) is 11.3 Å². The van der Waals surface area contributed by atoms with Gasteiger partial charge < -0.3 is 10.2 Å². The molecule has 1 fully saturated rings. The average molecular weight is 305 g/mol. The molecule has 1 unspecified atom stereocenters. The summed E-state index contributed by atoms with van der Waals surface area (Å²) in [5, 5.41) is 20.0. The van der Waals surface area contributed by atoms with E-state index in [0.717, 1.165) is 41.5 Å². The lowest BCUT2D eigenvalue weighted by Crippen LogP contribution is -2.41. The summed E-state index contributed by atoms with van der Waals surface area (Å²) < 4.78 is 1.02. The minimum atomic E-state index is -0.858. The molecule has 3 rings (SSSR count). The molecule has 112 valence electrons. The fourth-order valence-electron chi connectivity index (χ4n) is 3.11. The standard InChI is InChI=1S/C16H19NO3S/c18-10-11-5-3-4-8-17(11)9-13-12-6-1-2-7-14(12)21-15(13)16(19)20/h1-2,6-7,11,18H,3-5,8-10H2,(H,19,20). The zero-order valence-corrected chi connectivity index (χ0v) is 12.6. The van der Waals surface area contributed by atoms with Gasteiger partial charge in [-0.1, -0.05) is 24.6 Å². The normalized spacial score (nSPS) is 20.0. The van der Waals surface area contributed by atoms with Crippen molar-refractivity contribution >= 4 is 27.4 Å². The van der Waals surface area contributed by atoms with Crippen LogP contribution < -0.4 is 0 Å². The average Bonchev–Trinajstić information content (AvgIpc) is 2.87. The van der Waals surface area contributed by atoms with Crippen LogP contribution in [0.4, 0.5) is 0 Å². The zero-order valence-electron chi connectivity index (χ0n) is 11.8. The summed E-state index contributed by atoms with van der Waals surface area (Å²) in [5.41, 5.74) is 0.892. The number of likely N-dealkylation sites (tertiary alicyclic amines) is 1. The van der Waals surface area contributed by atoms with Crippen molar-refractivity contribution in [1.29, 1.82) is 0 Å². The van der Waals surface area contributed by atoms with Crippen LogP contribution in [0, 0.1) is 0 Å². The second-order valence-corrected chi connectivity index (χ2v) is 6.57. The number of carbonyl (C=O) groups is 1. The highest BCUT2D eigenvalue weighted by Crippen LogP contribution is 2.33. The molecule has 1 atom stereocenters. The zero-order chi connectivity index (χ0) is 14.8. The molecule has 0 spiro atoms. The molecular weight excluding hydrogens is 286 g/mol. The third-order valence-corrected chi connectivity index (χ3v) is 5.41. The van der Waals surface area contributed by atoms with E-state index in [4.69, 9.17) is 0 Å². The Bertz CT molecular complexity index is 652. The van der Waals surface area contributed by atoms with Gasteiger partial charge in [0.2, 0.25) is 0 Å². The highest BCUT2D eigenvalue weighted by atomic mass is 32.1. The van der Waals surface area contributed by atoms with Crippen LogP contribution in [0.3, 0.4) is 0 Å². The molecule has 0 aliphatic carbocycles. The molecule has 0 bridgehead atoms. The highest BCUT2D eigenvalue weighted by molar-refractivity contribution is 7.21. The minimum Gasteiger partial charge on any atom is -0.477 e. The van der Waals surface area contributed by atoms with E-state index >= 15 is 0 Å². The maximum Gasteiger partial charge on any atom is 0.346 e. The van der Waals surface area contributed by atoms with E-state index in [1.54, 1.807) is 0 Å². The first-order valence-electron chi connectivity index (χ1n) is 7.29. The predicted molar refractivity (Wildman–Crippen MR) is 83.9 cm³/mol. The molecule has 2 N–H and O–H groups in total. The van der Waals surface area contributed by atoms with Gasteiger partial charge in [0.15, 0.2) is 0 Å². The Hall–Kier alpha value is -1.43. The number of piperidine rings is 1. The number of thiophene rings is 1. The van der Waals surface area contributed by atoms with E-state index in [9.17, 15) is 15.0 Å². The van der Waals surface area contributed by atoms with Crippen molar-refractivity contribution in [3.8, 4) is 0 Å². The summed E-state index contributed by atoms with van der Waals surface area (Å²) in [6.45, 7) is 1.68. The van der Waals surface area contributed by atoms with Gasteiger partial charge in [-0.3, -0.25) is 4.90 Å². The molecular formula is C16H19NO3S. The van der Waals surface area contributed by atoms with Crippen molar-refractivity contribution in [2.75, 3.05) is 13.2 Å². The molecule has 0 saturated carbocycles. The fraction of sp³-hybridized carbons (Fsp3) is 0.438. The number of rotatable bonds is 4. The highest BCUT2D eigenvalue weighted by Gasteiger charge is 2.25. The molecule has 0 amide bonds. The lowest BCUT2D eigenvalue weighted by atomic mass is 10.0. The predicted octanol–water partition coefficient (Wildman–Crippen LogP) is 2.95. The van der Waals surface area contributed by atoms with E-state index in [1.807, 2.05) is 24.3 Å². The number of hydrogen-bond donors (Lipinski definition) is 2. The molecule has 5 heteroatoms. The number of fused-ring (bicyclic) bond motifs is 1. The molecule has 2 aromatic rings. The number of aliphatic hydroxyl groups is 1. The SMILES string of the molecule is O=C(O)c1sc2ccccc2c1CN1CCCCC1CO. The summed E-state index contributed by atoms with van der Waals surface area (Å²) in [6.07, 6.45) is 3.24. The second kappa shape index (κ2) is 6.13. The minimum absolute atomic E-state index is 0.143. The summed E-state index contributed by atoms with van der Waals surface area (Å²) >= 11 is 1.34. The Kier molecular flexibility index (Phi) is 4.24. The van der Waals surface area contributed by atoms with Crippen LogP contribution in [0.2, 0.25) is 0 Å². The maximum absolute atomic E-state index is 11.5. The van der Waals surface area contributed by atoms with Gasteiger partial charge in [-0.05, 0) is 36.4 Å². The van der Waals surface area contributed by atoms with Gasteiger partial charge in [-0.25, -0.2) is 4.79 Å². The first-order chi connectivity index (χ1) is 10.2. The lowest BCUT2D eigenvalue weighted by Gasteiger charge is -2.34. The molecule has 1 aromatic heterocycles. The molecule has 1 saturated heterocycles. The number of aromatic carboxylic acids is 1. The van der Waals surface area contributed by atoms with E-state index in [0.29, 0.717) is 11.4 Å². The van der Waals surface area contributed by atoms with Crippen LogP contribution in [-0.2, 0) is 6.54 Å². The van der Waals surface area contributed by atoms with Crippen molar-refractivity contribution in [3.63, 3.8) is 0 Å². The summed E-state index contributed by atoms with van der Waals surface area (Å²) in [4.78, 5) is 14.2. The van der Waals surface area contributed by atoms with Crippen LogP contribution in [0.5, 0.6) is 0 Å². The van der Waals surface area contributed by atoms with Gasteiger partial charge in [0.1, 0.15) is 4.88 Å². The maximum atomic E-state index is 11.5. The van der Waals surface area contributed by atoms with Crippen molar-refractivity contribution in [2.45, 2.75) is 31.8 Å². The molecule has 1 aliphatic heterocycles. The Morgan fingerprint density at radius 1 is 1.33 bits per heavy atom. The first kappa shape index (κ1) is 14.5. The number of carboxylic acid groups (broad SMARTS) is 1. The quantitative estimate of drug-likeness (QED) is 0.912. The summed E-state index contributed by atoms with van der Waals surface area (Å²) in [5.74, 6) is -0.858. The number of benzene rings is 1. The topological polar surface area (TPSA) is 60.8 Å². The van der Waals surface area contributed by atoms with Crippen LogP contribution >= 0.6 is 11.3 Å². The van der Waals surface area contributed by atoms with Gasteiger partial charge in [0.05, 0.1) is 6.61 Å². The summed E-state index contributed by atoms with van der Waals surface area (Å²) in [7, 11) is 0. The lowest BCUT2D eigenvalue weighted by molar-refractivity contribution is 0.0691. The van der Waals surface area contributed by atoms with Crippen molar-refractivity contribution in [2.24, 2.45) is 0 Å². The van der Waals surface area contributed by atoms with E-state index < -0.39 is 5.97 Å². The molecule has 4 nitrogen and oxygen atoms in total. The van der Waals surface area contributed by atoms with Gasteiger partial charge >= 0.3 is 5.97 Å². The smallest absolute Gasteiger partial charge is 0.346 e. The van der Waals surface area contributed by atoms with Crippen LogP contribution in [0.15, 0.2) is 24.3 Å². The van der Waals surface area contributed by atoms with Gasteiger partial charge in [0, 0.05) is 17.3 Å². The van der Waals surface area contributed by atoms with Gasteiger partial charge in [-0.15, -0.1) is 11.3 Å². The van der Waals surface area contributed by atoms with E-state index in [2.05, 4.69) is 4.90 Å². The number of hydrogen-bond acceptors (Lipinski definition) is 4. The molecule has 1 aliphatic rings. The molecule has 2 heterocycles. The van der Waals surface area contributed by atoms with E-state index in [-0.39, 0.29) is 12.6 Å². The first-order valence-corrected chi connectivity index (χ1v) is 8.11. The Morgan fingerprint density at radius 2 is 2.14 bits per heavy atom.